The average molecular weight is 326 g/mol. The van der Waals surface area contributed by atoms with Gasteiger partial charge >= 0.3 is 0 Å². The molecule has 24 heavy (non-hydrogen) atoms. The molecule has 4 nitrogen and oxygen atoms in total. The normalized spacial score (nSPS) is 11.3. The number of aliphatic hydroxyl groups excluding tert-OH is 1. The predicted molar refractivity (Wildman–Crippen MR) is 100 cm³/mol. The zero-order valence-electron chi connectivity index (χ0n) is 14.4. The summed E-state index contributed by atoms with van der Waals surface area (Å²) in [5.41, 5.74) is 3.17. The Balaban J connectivity index is 2.03. The summed E-state index contributed by atoms with van der Waals surface area (Å²) in [5.74, 6) is 0.675. The number of pyridine rings is 1. The van der Waals surface area contributed by atoms with Crippen LogP contribution < -0.4 is 4.90 Å². The van der Waals surface area contributed by atoms with E-state index in [1.54, 1.807) is 12.3 Å². The molecule has 2 rings (SSSR count). The second-order valence-corrected chi connectivity index (χ2v) is 6.27. The van der Waals surface area contributed by atoms with E-state index in [2.05, 4.69) is 48.0 Å². The van der Waals surface area contributed by atoms with E-state index in [0.29, 0.717) is 12.5 Å². The Bertz CT molecular complexity index is 634. The zero-order valence-corrected chi connectivity index (χ0v) is 14.4. The second kappa shape index (κ2) is 9.08. The topological polar surface area (TPSA) is 56.6 Å². The van der Waals surface area contributed by atoms with E-state index in [4.69, 9.17) is 0 Å². The first-order valence-corrected chi connectivity index (χ1v) is 8.37. The molecular formula is C20H26N2O2. The third-order valence-corrected chi connectivity index (χ3v) is 3.84. The minimum Gasteiger partial charge on any atom is -0.493 e. The lowest BCUT2D eigenvalue weighted by Crippen LogP contribution is -2.28. The van der Waals surface area contributed by atoms with Gasteiger partial charge in [-0.25, -0.2) is 4.98 Å². The van der Waals surface area contributed by atoms with E-state index in [-0.39, 0.29) is 12.5 Å². The predicted octanol–water partition coefficient (Wildman–Crippen LogP) is 3.80. The van der Waals surface area contributed by atoms with Gasteiger partial charge in [0.2, 0.25) is 5.88 Å². The molecule has 0 aliphatic carbocycles. The SMILES string of the molecule is CC(C)CCN(CCO)c1ccc(/C=C/c2ccc(O)nc2)cc1. The van der Waals surface area contributed by atoms with E-state index in [0.717, 1.165) is 29.8 Å². The molecule has 0 amide bonds. The lowest BCUT2D eigenvalue weighted by Gasteiger charge is -2.25. The first-order valence-electron chi connectivity index (χ1n) is 8.37. The van der Waals surface area contributed by atoms with Gasteiger partial charge in [-0.1, -0.05) is 38.1 Å². The highest BCUT2D eigenvalue weighted by Gasteiger charge is 2.06. The summed E-state index contributed by atoms with van der Waals surface area (Å²) < 4.78 is 0. The number of nitrogens with zero attached hydrogens (tertiary/aromatic N) is 2. The van der Waals surface area contributed by atoms with Crippen LogP contribution in [-0.4, -0.2) is 34.9 Å². The number of hydrogen-bond donors (Lipinski definition) is 2. The molecule has 4 heteroatoms. The largest absolute Gasteiger partial charge is 0.493 e. The lowest BCUT2D eigenvalue weighted by atomic mass is 10.1. The summed E-state index contributed by atoms with van der Waals surface area (Å²) in [5, 5.41) is 18.5. The van der Waals surface area contributed by atoms with Crippen LogP contribution in [0.25, 0.3) is 12.2 Å². The van der Waals surface area contributed by atoms with Crippen LogP contribution in [-0.2, 0) is 0 Å². The number of aliphatic hydroxyl groups is 1. The molecule has 1 aromatic carbocycles. The summed E-state index contributed by atoms with van der Waals surface area (Å²) >= 11 is 0. The second-order valence-electron chi connectivity index (χ2n) is 6.27. The molecule has 0 fully saturated rings. The van der Waals surface area contributed by atoms with Gasteiger partial charge in [-0.15, -0.1) is 0 Å². The lowest BCUT2D eigenvalue weighted by molar-refractivity contribution is 0.301. The van der Waals surface area contributed by atoms with Crippen molar-refractivity contribution in [2.24, 2.45) is 5.92 Å². The number of anilines is 1. The first-order chi connectivity index (χ1) is 11.6. The van der Waals surface area contributed by atoms with Crippen LogP contribution >= 0.6 is 0 Å². The van der Waals surface area contributed by atoms with Crippen LogP contribution in [0.5, 0.6) is 5.88 Å². The molecule has 2 aromatic rings. The fraction of sp³-hybridized carbons (Fsp3) is 0.350. The van der Waals surface area contributed by atoms with E-state index in [1.807, 2.05) is 18.2 Å². The van der Waals surface area contributed by atoms with Crippen molar-refractivity contribution in [1.29, 1.82) is 0 Å². The van der Waals surface area contributed by atoms with Gasteiger partial charge in [0.25, 0.3) is 0 Å². The fourth-order valence-electron chi connectivity index (χ4n) is 2.39. The van der Waals surface area contributed by atoms with Gasteiger partial charge in [0.15, 0.2) is 0 Å². The maximum atomic E-state index is 9.27. The minimum atomic E-state index is 0.0295. The van der Waals surface area contributed by atoms with Gasteiger partial charge in [-0.3, -0.25) is 0 Å². The third kappa shape index (κ3) is 5.70. The number of aromatic hydroxyl groups is 1. The van der Waals surface area contributed by atoms with Gasteiger partial charge in [0.1, 0.15) is 0 Å². The molecule has 0 saturated heterocycles. The quantitative estimate of drug-likeness (QED) is 0.774. The molecule has 0 spiro atoms. The van der Waals surface area contributed by atoms with E-state index in [1.165, 1.54) is 0 Å². The summed E-state index contributed by atoms with van der Waals surface area (Å²) in [6.45, 7) is 6.19. The van der Waals surface area contributed by atoms with E-state index in [9.17, 15) is 10.2 Å². The Morgan fingerprint density at radius 1 is 1.00 bits per heavy atom. The molecule has 0 atom stereocenters. The Kier molecular flexibility index (Phi) is 6.82. The maximum absolute atomic E-state index is 9.27. The van der Waals surface area contributed by atoms with Crippen LogP contribution in [0, 0.1) is 5.92 Å². The zero-order chi connectivity index (χ0) is 17.4. The first kappa shape index (κ1) is 18.0. The highest BCUT2D eigenvalue weighted by atomic mass is 16.3. The summed E-state index contributed by atoms with van der Waals surface area (Å²) in [6, 6.07) is 11.7. The molecule has 0 aliphatic heterocycles. The molecule has 128 valence electrons. The van der Waals surface area contributed by atoms with Gasteiger partial charge in [0.05, 0.1) is 6.61 Å². The molecule has 1 aromatic heterocycles. The molecule has 0 bridgehead atoms. The van der Waals surface area contributed by atoms with E-state index >= 15 is 0 Å². The van der Waals surface area contributed by atoms with E-state index < -0.39 is 0 Å². The third-order valence-electron chi connectivity index (χ3n) is 3.84. The standard InChI is InChI=1S/C20H26N2O2/c1-16(2)11-12-22(13-14-23)19-8-5-17(6-9-19)3-4-18-7-10-20(24)21-15-18/h3-10,15-16,23H,11-14H2,1-2H3,(H,21,24)/b4-3+. The van der Waals surface area contributed by atoms with Gasteiger partial charge in [-0.2, -0.15) is 0 Å². The van der Waals surface area contributed by atoms with Gasteiger partial charge in [0, 0.05) is 31.0 Å². The highest BCUT2D eigenvalue weighted by molar-refractivity contribution is 5.70. The molecule has 0 aliphatic rings. The number of hydrogen-bond acceptors (Lipinski definition) is 4. The summed E-state index contributed by atoms with van der Waals surface area (Å²) in [7, 11) is 0. The Morgan fingerprint density at radius 3 is 2.25 bits per heavy atom. The van der Waals surface area contributed by atoms with Crippen LogP contribution in [0.1, 0.15) is 31.4 Å². The molecule has 0 unspecified atom stereocenters. The Hall–Kier alpha value is -2.33. The molecule has 1 heterocycles. The van der Waals surface area contributed by atoms with Gasteiger partial charge < -0.3 is 15.1 Å². The van der Waals surface area contributed by atoms with Crippen molar-refractivity contribution in [3.63, 3.8) is 0 Å². The molecule has 0 saturated carbocycles. The van der Waals surface area contributed by atoms with Crippen LogP contribution in [0.15, 0.2) is 42.6 Å². The molecular weight excluding hydrogens is 300 g/mol. The van der Waals surface area contributed by atoms with Crippen molar-refractivity contribution < 1.29 is 10.2 Å². The van der Waals surface area contributed by atoms with Crippen LogP contribution in [0.4, 0.5) is 5.69 Å². The Labute approximate surface area is 144 Å². The monoisotopic (exact) mass is 326 g/mol. The minimum absolute atomic E-state index is 0.0295. The summed E-state index contributed by atoms with van der Waals surface area (Å²) in [6.07, 6.45) is 6.72. The van der Waals surface area contributed by atoms with Crippen molar-refractivity contribution >= 4 is 17.8 Å². The number of rotatable bonds is 8. The van der Waals surface area contributed by atoms with Crippen molar-refractivity contribution in [2.45, 2.75) is 20.3 Å². The number of benzene rings is 1. The van der Waals surface area contributed by atoms with Crippen LogP contribution in [0.2, 0.25) is 0 Å². The smallest absolute Gasteiger partial charge is 0.210 e. The van der Waals surface area contributed by atoms with Crippen molar-refractivity contribution in [2.75, 3.05) is 24.6 Å². The van der Waals surface area contributed by atoms with Crippen LogP contribution in [0.3, 0.4) is 0 Å². The fourth-order valence-corrected chi connectivity index (χ4v) is 2.39. The maximum Gasteiger partial charge on any atom is 0.210 e. The van der Waals surface area contributed by atoms with Crippen molar-refractivity contribution in [1.82, 2.24) is 4.98 Å². The van der Waals surface area contributed by atoms with Gasteiger partial charge in [-0.05, 0) is 41.7 Å². The number of aromatic nitrogens is 1. The van der Waals surface area contributed by atoms with Crippen molar-refractivity contribution in [3.05, 3.63) is 53.7 Å². The molecule has 0 radical (unpaired) electrons. The molecule has 2 N–H and O–H groups in total. The summed E-state index contributed by atoms with van der Waals surface area (Å²) in [4.78, 5) is 6.08. The Morgan fingerprint density at radius 2 is 1.67 bits per heavy atom. The van der Waals surface area contributed by atoms with Crippen molar-refractivity contribution in [3.8, 4) is 5.88 Å². The average Bonchev–Trinajstić information content (AvgIpc) is 2.58. The highest BCUT2D eigenvalue weighted by Crippen LogP contribution is 2.18.